The number of aliphatic carboxylic acids is 1. The molecule has 9 nitrogen and oxygen atoms in total. The van der Waals surface area contributed by atoms with Crippen LogP contribution in [0, 0.1) is 10.1 Å². The standard InChI is InChI=1S/C20H16N2O7S/c23-16-7-11(15(22(28)29)10-17(16)24)8-19(25)21-14-4-2-1-3-13(14)18-6-5-12(30-18)9-20(26)27/h1-7,10,23-24H,8-9H2,(H,21,25)(H,26,27). The number of benzene rings is 2. The number of carboxylic acid groups (broad SMARTS) is 1. The first-order valence-electron chi connectivity index (χ1n) is 8.63. The number of nitrogens with one attached hydrogen (secondary N) is 1. The van der Waals surface area contributed by atoms with Crippen LogP contribution in [-0.4, -0.2) is 32.1 Å². The van der Waals surface area contributed by atoms with Crippen molar-refractivity contribution in [2.75, 3.05) is 5.32 Å². The first kappa shape index (κ1) is 20.8. The van der Waals surface area contributed by atoms with E-state index in [0.717, 1.165) is 17.0 Å². The van der Waals surface area contributed by atoms with Gasteiger partial charge in [0.1, 0.15) is 0 Å². The lowest BCUT2D eigenvalue weighted by molar-refractivity contribution is -0.385. The topological polar surface area (TPSA) is 150 Å². The number of thiophene rings is 1. The van der Waals surface area contributed by atoms with Gasteiger partial charge in [0, 0.05) is 26.6 Å². The highest BCUT2D eigenvalue weighted by Gasteiger charge is 2.21. The molecule has 3 rings (SSSR count). The number of carbonyl (C=O) groups is 2. The molecule has 1 amide bonds. The molecule has 3 aromatic rings. The molecule has 0 aliphatic heterocycles. The summed E-state index contributed by atoms with van der Waals surface area (Å²) in [4.78, 5) is 35.3. The van der Waals surface area contributed by atoms with Crippen LogP contribution in [0.5, 0.6) is 11.5 Å². The molecule has 0 atom stereocenters. The van der Waals surface area contributed by atoms with Crippen molar-refractivity contribution >= 4 is 34.6 Å². The molecule has 0 aliphatic carbocycles. The molecule has 4 N–H and O–H groups in total. The zero-order chi connectivity index (χ0) is 21.8. The van der Waals surface area contributed by atoms with Gasteiger partial charge in [0.25, 0.3) is 5.69 Å². The summed E-state index contributed by atoms with van der Waals surface area (Å²) < 4.78 is 0. The summed E-state index contributed by atoms with van der Waals surface area (Å²) in [7, 11) is 0. The van der Waals surface area contributed by atoms with E-state index in [2.05, 4.69) is 5.32 Å². The molecule has 0 aliphatic rings. The second kappa shape index (κ2) is 8.62. The van der Waals surface area contributed by atoms with Gasteiger partial charge in [-0.05, 0) is 24.3 Å². The lowest BCUT2D eigenvalue weighted by Gasteiger charge is -2.11. The minimum absolute atomic E-state index is 0.0508. The first-order chi connectivity index (χ1) is 14.2. The number of para-hydroxylation sites is 1. The van der Waals surface area contributed by atoms with Crippen molar-refractivity contribution in [3.05, 3.63) is 69.1 Å². The number of amides is 1. The van der Waals surface area contributed by atoms with Crippen LogP contribution in [0.4, 0.5) is 11.4 Å². The van der Waals surface area contributed by atoms with Gasteiger partial charge in [-0.25, -0.2) is 0 Å². The van der Waals surface area contributed by atoms with E-state index in [1.807, 2.05) is 0 Å². The van der Waals surface area contributed by atoms with Crippen LogP contribution in [0.2, 0.25) is 0 Å². The Morgan fingerprint density at radius 2 is 1.73 bits per heavy atom. The Bertz CT molecular complexity index is 1140. The molecule has 0 saturated heterocycles. The summed E-state index contributed by atoms with van der Waals surface area (Å²) in [6.45, 7) is 0. The van der Waals surface area contributed by atoms with Gasteiger partial charge in [0.2, 0.25) is 5.91 Å². The van der Waals surface area contributed by atoms with Crippen LogP contribution in [-0.2, 0) is 22.4 Å². The highest BCUT2D eigenvalue weighted by Crippen LogP contribution is 2.35. The zero-order valence-corrected chi connectivity index (χ0v) is 16.2. The molecule has 1 heterocycles. The number of aromatic hydroxyl groups is 2. The molecule has 154 valence electrons. The number of carboxylic acids is 1. The highest BCUT2D eigenvalue weighted by atomic mass is 32.1. The average molecular weight is 428 g/mol. The van der Waals surface area contributed by atoms with Crippen LogP contribution < -0.4 is 5.32 Å². The van der Waals surface area contributed by atoms with Gasteiger partial charge in [0.05, 0.1) is 23.8 Å². The third-order valence-corrected chi connectivity index (χ3v) is 5.30. The number of nitrogens with zero attached hydrogens (tertiary/aromatic N) is 1. The summed E-state index contributed by atoms with van der Waals surface area (Å²) in [6, 6.07) is 12.1. The van der Waals surface area contributed by atoms with E-state index in [4.69, 9.17) is 5.11 Å². The van der Waals surface area contributed by atoms with Crippen molar-refractivity contribution in [1.82, 2.24) is 0 Å². The molecule has 2 aromatic carbocycles. The summed E-state index contributed by atoms with van der Waals surface area (Å²) in [5.41, 5.74) is 0.600. The maximum atomic E-state index is 12.5. The number of rotatable bonds is 7. The molecular weight excluding hydrogens is 412 g/mol. The summed E-state index contributed by atoms with van der Waals surface area (Å²) in [6.07, 6.45) is -0.500. The van der Waals surface area contributed by atoms with Crippen molar-refractivity contribution < 1.29 is 29.8 Å². The van der Waals surface area contributed by atoms with Crippen LogP contribution in [0.3, 0.4) is 0 Å². The monoisotopic (exact) mass is 428 g/mol. The number of hydrogen-bond donors (Lipinski definition) is 4. The summed E-state index contributed by atoms with van der Waals surface area (Å²) in [5, 5.41) is 41.9. The Morgan fingerprint density at radius 3 is 2.43 bits per heavy atom. The maximum Gasteiger partial charge on any atom is 0.308 e. The molecule has 0 fully saturated rings. The van der Waals surface area contributed by atoms with Gasteiger partial charge in [-0.3, -0.25) is 19.7 Å². The Hall–Kier alpha value is -3.92. The van der Waals surface area contributed by atoms with Crippen molar-refractivity contribution in [3.8, 4) is 21.9 Å². The van der Waals surface area contributed by atoms with E-state index in [-0.39, 0.29) is 12.0 Å². The SMILES string of the molecule is O=C(O)Cc1ccc(-c2ccccc2NC(=O)Cc2cc(O)c(O)cc2[N+](=O)[O-])s1. The summed E-state index contributed by atoms with van der Waals surface area (Å²) >= 11 is 1.29. The predicted octanol–water partition coefficient (Wildman–Crippen LogP) is 3.54. The second-order valence-corrected chi connectivity index (χ2v) is 7.50. The van der Waals surface area contributed by atoms with Gasteiger partial charge < -0.3 is 20.6 Å². The van der Waals surface area contributed by atoms with E-state index < -0.39 is 40.4 Å². The minimum Gasteiger partial charge on any atom is -0.504 e. The molecule has 0 spiro atoms. The molecule has 30 heavy (non-hydrogen) atoms. The fourth-order valence-electron chi connectivity index (χ4n) is 2.86. The number of hydrogen-bond acceptors (Lipinski definition) is 7. The third-order valence-electron chi connectivity index (χ3n) is 4.18. The van der Waals surface area contributed by atoms with Crippen molar-refractivity contribution in [2.24, 2.45) is 0 Å². The lowest BCUT2D eigenvalue weighted by Crippen LogP contribution is -2.15. The normalized spacial score (nSPS) is 10.5. The van der Waals surface area contributed by atoms with Gasteiger partial charge in [-0.1, -0.05) is 18.2 Å². The Labute approximate surface area is 174 Å². The first-order valence-corrected chi connectivity index (χ1v) is 9.45. The van der Waals surface area contributed by atoms with Crippen LogP contribution in [0.25, 0.3) is 10.4 Å². The largest absolute Gasteiger partial charge is 0.504 e. The average Bonchev–Trinajstić information content (AvgIpc) is 3.12. The number of carbonyl (C=O) groups excluding carboxylic acids is 1. The maximum absolute atomic E-state index is 12.5. The van der Waals surface area contributed by atoms with Crippen molar-refractivity contribution in [1.29, 1.82) is 0 Å². The fraction of sp³-hybridized carbons (Fsp3) is 0.100. The molecule has 1 aromatic heterocycles. The summed E-state index contributed by atoms with van der Waals surface area (Å²) in [5.74, 6) is -2.71. The van der Waals surface area contributed by atoms with Crippen LogP contribution in [0.1, 0.15) is 10.4 Å². The number of phenols is 2. The third kappa shape index (κ3) is 4.73. The number of anilines is 1. The Morgan fingerprint density at radius 1 is 1.03 bits per heavy atom. The lowest BCUT2D eigenvalue weighted by atomic mass is 10.1. The van der Waals surface area contributed by atoms with Crippen molar-refractivity contribution in [2.45, 2.75) is 12.8 Å². The van der Waals surface area contributed by atoms with E-state index in [1.54, 1.807) is 36.4 Å². The smallest absolute Gasteiger partial charge is 0.308 e. The molecule has 0 radical (unpaired) electrons. The van der Waals surface area contributed by atoms with Gasteiger partial charge >= 0.3 is 5.97 Å². The van der Waals surface area contributed by atoms with Gasteiger partial charge in [0.15, 0.2) is 11.5 Å². The molecule has 0 unspecified atom stereocenters. The molecular formula is C20H16N2O7S. The van der Waals surface area contributed by atoms with E-state index in [1.165, 1.54) is 11.3 Å². The fourth-order valence-corrected chi connectivity index (χ4v) is 3.90. The number of nitro groups is 1. The predicted molar refractivity (Wildman–Crippen MR) is 110 cm³/mol. The van der Waals surface area contributed by atoms with Gasteiger partial charge in [-0.2, -0.15) is 0 Å². The van der Waals surface area contributed by atoms with Crippen LogP contribution >= 0.6 is 11.3 Å². The highest BCUT2D eigenvalue weighted by molar-refractivity contribution is 7.15. The number of nitro benzene ring substituents is 1. The van der Waals surface area contributed by atoms with E-state index >= 15 is 0 Å². The molecule has 0 bridgehead atoms. The van der Waals surface area contributed by atoms with Crippen molar-refractivity contribution in [3.63, 3.8) is 0 Å². The zero-order valence-electron chi connectivity index (χ0n) is 15.4. The van der Waals surface area contributed by atoms with E-state index in [9.17, 15) is 29.9 Å². The van der Waals surface area contributed by atoms with Crippen LogP contribution in [0.15, 0.2) is 48.5 Å². The quantitative estimate of drug-likeness (QED) is 0.255. The van der Waals surface area contributed by atoms with Gasteiger partial charge in [-0.15, -0.1) is 11.3 Å². The molecule has 10 heteroatoms. The Kier molecular flexibility index (Phi) is 5.98. The second-order valence-electron chi connectivity index (χ2n) is 6.33. The van der Waals surface area contributed by atoms with E-state index in [0.29, 0.717) is 16.1 Å². The molecule has 0 saturated carbocycles. The Balaban J connectivity index is 1.84. The number of phenolic OH excluding ortho intramolecular Hbond substituents is 2. The minimum atomic E-state index is -0.941.